The first-order chi connectivity index (χ1) is 24.2. The lowest BCUT2D eigenvalue weighted by Crippen LogP contribution is -2.43. The second-order valence-corrected chi connectivity index (χ2v) is 14.0. The molecule has 0 aliphatic carbocycles. The number of amides is 2. The van der Waals surface area contributed by atoms with E-state index in [2.05, 4.69) is 48.8 Å². The Labute approximate surface area is 291 Å². The van der Waals surface area contributed by atoms with Gasteiger partial charge in [0.1, 0.15) is 11.9 Å². The lowest BCUT2D eigenvalue weighted by molar-refractivity contribution is -0.132. The topological polar surface area (TPSA) is 128 Å². The summed E-state index contributed by atoms with van der Waals surface area (Å²) in [5, 5.41) is 8.62. The zero-order valence-electron chi connectivity index (χ0n) is 28.7. The Kier molecular flexibility index (Phi) is 8.36. The summed E-state index contributed by atoms with van der Waals surface area (Å²) in [7, 11) is 0. The Hall–Kier alpha value is -5.07. The van der Waals surface area contributed by atoms with E-state index >= 15 is 0 Å². The largest absolute Gasteiger partial charge is 0.475 e. The van der Waals surface area contributed by atoms with Gasteiger partial charge >= 0.3 is 0 Å². The smallest absolute Gasteiger partial charge is 0.242 e. The van der Waals surface area contributed by atoms with E-state index in [4.69, 9.17) is 9.57 Å². The van der Waals surface area contributed by atoms with Gasteiger partial charge < -0.3 is 19.4 Å². The number of aromatic amines is 1. The van der Waals surface area contributed by atoms with Gasteiger partial charge in [0.15, 0.2) is 0 Å². The monoisotopic (exact) mass is 674 g/mol. The number of nitrogens with zero attached hydrogens (tertiary/aromatic N) is 6. The van der Waals surface area contributed by atoms with Gasteiger partial charge in [-0.15, -0.1) is 5.48 Å². The molecule has 0 bridgehead atoms. The van der Waals surface area contributed by atoms with Crippen LogP contribution in [0.5, 0.6) is 5.88 Å². The number of aromatic nitrogens is 3. The molecule has 2 atom stereocenters. The fourth-order valence-electron chi connectivity index (χ4n) is 7.54. The Morgan fingerprint density at radius 1 is 1.04 bits per heavy atom. The van der Waals surface area contributed by atoms with Crippen molar-refractivity contribution in [1.82, 2.24) is 30.5 Å². The maximum absolute atomic E-state index is 14.0. The SMILES string of the molecule is CC1N=C(c2ccc(C3=CCN(C(=O)CN4CC[C@]5(CCN(c6ccc7[nH]nc(-c8ccc(OC(C)C)nc8)c7c6)C5=O)C4)CC3)cc2)ON1. The van der Waals surface area contributed by atoms with E-state index in [1.54, 1.807) is 6.20 Å². The summed E-state index contributed by atoms with van der Waals surface area (Å²) in [6.07, 6.45) is 6.26. The number of pyridine rings is 1. The van der Waals surface area contributed by atoms with E-state index in [0.29, 0.717) is 44.5 Å². The Bertz CT molecular complexity index is 1990. The molecule has 50 heavy (non-hydrogen) atoms. The fraction of sp³-hybridized carbons (Fsp3) is 0.395. The molecule has 4 aliphatic heterocycles. The van der Waals surface area contributed by atoms with Gasteiger partial charge in [-0.1, -0.05) is 18.2 Å². The van der Waals surface area contributed by atoms with Crippen LogP contribution in [0.2, 0.25) is 0 Å². The lowest BCUT2D eigenvalue weighted by atomic mass is 9.85. The number of carbonyl (C=O) groups excluding carboxylic acids is 2. The minimum absolute atomic E-state index is 0.0449. The summed E-state index contributed by atoms with van der Waals surface area (Å²) in [4.78, 5) is 47.8. The van der Waals surface area contributed by atoms with Crippen LogP contribution in [-0.4, -0.2) is 94.2 Å². The van der Waals surface area contributed by atoms with Crippen molar-refractivity contribution in [1.29, 1.82) is 0 Å². The molecule has 2 N–H and O–H groups in total. The van der Waals surface area contributed by atoms with Crippen molar-refractivity contribution >= 4 is 39.9 Å². The quantitative estimate of drug-likeness (QED) is 0.273. The molecule has 1 unspecified atom stereocenters. The molecule has 0 radical (unpaired) electrons. The highest BCUT2D eigenvalue weighted by molar-refractivity contribution is 6.03. The molecule has 12 heteroatoms. The molecule has 258 valence electrons. The van der Waals surface area contributed by atoms with Gasteiger partial charge in [-0.2, -0.15) is 5.10 Å². The predicted octanol–water partition coefficient (Wildman–Crippen LogP) is 4.78. The van der Waals surface area contributed by atoms with Gasteiger partial charge in [-0.3, -0.25) is 19.6 Å². The average molecular weight is 675 g/mol. The van der Waals surface area contributed by atoms with Crippen LogP contribution in [0.25, 0.3) is 27.7 Å². The molecule has 2 amide bonds. The molecule has 6 heterocycles. The predicted molar refractivity (Wildman–Crippen MR) is 191 cm³/mol. The van der Waals surface area contributed by atoms with Gasteiger partial charge in [-0.05, 0) is 94.1 Å². The number of H-pyrrole nitrogens is 1. The Morgan fingerprint density at radius 2 is 1.84 bits per heavy atom. The van der Waals surface area contributed by atoms with Crippen LogP contribution < -0.4 is 15.1 Å². The summed E-state index contributed by atoms with van der Waals surface area (Å²) < 4.78 is 5.70. The number of nitrogens with one attached hydrogen (secondary N) is 2. The number of rotatable bonds is 8. The maximum Gasteiger partial charge on any atom is 0.242 e. The van der Waals surface area contributed by atoms with Crippen molar-refractivity contribution in [2.45, 2.75) is 52.3 Å². The summed E-state index contributed by atoms with van der Waals surface area (Å²) in [6, 6.07) is 18.0. The number of hydroxylamine groups is 1. The van der Waals surface area contributed by atoms with Crippen molar-refractivity contribution in [3.8, 4) is 17.1 Å². The van der Waals surface area contributed by atoms with Gasteiger partial charge in [0.25, 0.3) is 0 Å². The van der Waals surface area contributed by atoms with Crippen molar-refractivity contribution < 1.29 is 19.2 Å². The third-order valence-corrected chi connectivity index (χ3v) is 10.2. The molecular weight excluding hydrogens is 632 g/mol. The van der Waals surface area contributed by atoms with Crippen LogP contribution >= 0.6 is 0 Å². The molecule has 4 aliphatic rings. The van der Waals surface area contributed by atoms with Crippen LogP contribution in [0.15, 0.2) is 71.9 Å². The average Bonchev–Trinajstić information content (AvgIpc) is 3.92. The standard InChI is InChI=1S/C38H42N8O4/c1-24(2)49-33-11-8-29(21-39-33)35-31-20-30(9-10-32(31)41-42-35)46-19-15-38(37(46)48)14-18-44(23-38)22-34(47)45-16-12-27(13-17-45)26-4-6-28(7-5-26)36-40-25(3)43-50-36/h4-12,20-21,24-25,43H,13-19,22-23H2,1-3H3,(H,41,42)/t25?,38-/m0/s1. The first kappa shape index (κ1) is 32.2. The second kappa shape index (κ2) is 13.0. The van der Waals surface area contributed by atoms with E-state index in [-0.39, 0.29) is 24.1 Å². The number of aliphatic imine (C=N–C) groups is 1. The third kappa shape index (κ3) is 6.13. The molecule has 2 aromatic carbocycles. The Balaban J connectivity index is 0.885. The van der Waals surface area contributed by atoms with Gasteiger partial charge in [0.05, 0.1) is 23.6 Å². The normalized spacial score (nSPS) is 22.5. The highest BCUT2D eigenvalue weighted by Crippen LogP contribution is 2.43. The molecule has 0 saturated carbocycles. The first-order valence-corrected chi connectivity index (χ1v) is 17.5. The maximum atomic E-state index is 14.0. The highest BCUT2D eigenvalue weighted by atomic mass is 16.7. The van der Waals surface area contributed by atoms with Crippen LogP contribution in [0, 0.1) is 5.41 Å². The molecule has 2 saturated heterocycles. The molecule has 2 aromatic heterocycles. The summed E-state index contributed by atoms with van der Waals surface area (Å²) >= 11 is 0. The number of benzene rings is 2. The second-order valence-electron chi connectivity index (χ2n) is 14.0. The van der Waals surface area contributed by atoms with Crippen molar-refractivity contribution in [2.75, 3.05) is 44.2 Å². The van der Waals surface area contributed by atoms with Crippen LogP contribution in [0.3, 0.4) is 0 Å². The molecule has 8 rings (SSSR count). The third-order valence-electron chi connectivity index (χ3n) is 10.2. The van der Waals surface area contributed by atoms with E-state index in [9.17, 15) is 9.59 Å². The summed E-state index contributed by atoms with van der Waals surface area (Å²) in [5.41, 5.74) is 9.13. The van der Waals surface area contributed by atoms with Crippen molar-refractivity contribution in [3.63, 3.8) is 0 Å². The first-order valence-electron chi connectivity index (χ1n) is 17.5. The number of fused-ring (bicyclic) bond motifs is 1. The zero-order chi connectivity index (χ0) is 34.4. The van der Waals surface area contributed by atoms with E-state index in [1.807, 2.05) is 73.0 Å². The molecule has 4 aromatic rings. The van der Waals surface area contributed by atoms with Gasteiger partial charge in [0, 0.05) is 60.6 Å². The number of hydrogen-bond donors (Lipinski definition) is 2. The number of hydrogen-bond acceptors (Lipinski definition) is 9. The molecule has 1 spiro atoms. The highest BCUT2D eigenvalue weighted by Gasteiger charge is 2.51. The van der Waals surface area contributed by atoms with E-state index < -0.39 is 5.41 Å². The number of likely N-dealkylation sites (tertiary alicyclic amines) is 1. The molecule has 2 fully saturated rings. The fourth-order valence-corrected chi connectivity index (χ4v) is 7.54. The minimum Gasteiger partial charge on any atom is -0.475 e. The van der Waals surface area contributed by atoms with E-state index in [0.717, 1.165) is 64.8 Å². The lowest BCUT2D eigenvalue weighted by Gasteiger charge is -2.29. The van der Waals surface area contributed by atoms with Gasteiger partial charge in [0.2, 0.25) is 23.6 Å². The summed E-state index contributed by atoms with van der Waals surface area (Å²) in [6.45, 7) is 9.48. The van der Waals surface area contributed by atoms with Gasteiger partial charge in [-0.25, -0.2) is 9.98 Å². The summed E-state index contributed by atoms with van der Waals surface area (Å²) in [5.74, 6) is 1.43. The van der Waals surface area contributed by atoms with E-state index in [1.165, 1.54) is 5.57 Å². The van der Waals surface area contributed by atoms with Crippen molar-refractivity contribution in [3.05, 3.63) is 78.0 Å². The molecular formula is C38H42N8O4. The van der Waals surface area contributed by atoms with Crippen LogP contribution in [-0.2, 0) is 14.4 Å². The van der Waals surface area contributed by atoms with Crippen LogP contribution in [0.4, 0.5) is 5.69 Å². The zero-order valence-corrected chi connectivity index (χ0v) is 28.7. The number of anilines is 1. The molecule has 12 nitrogen and oxygen atoms in total. The Morgan fingerprint density at radius 3 is 2.56 bits per heavy atom. The number of carbonyl (C=O) groups is 2. The number of ether oxygens (including phenoxy) is 1. The van der Waals surface area contributed by atoms with Crippen molar-refractivity contribution in [2.24, 2.45) is 10.4 Å². The minimum atomic E-state index is -0.463. The van der Waals surface area contributed by atoms with Crippen LogP contribution in [0.1, 0.15) is 51.2 Å².